The van der Waals surface area contributed by atoms with E-state index in [1.165, 1.54) is 70.0 Å². The van der Waals surface area contributed by atoms with E-state index in [4.69, 9.17) is 30.3 Å². The second-order valence-electron chi connectivity index (χ2n) is 20.9. The summed E-state index contributed by atoms with van der Waals surface area (Å²) in [5.74, 6) is -1.64. The van der Waals surface area contributed by atoms with Gasteiger partial charge in [-0.3, -0.25) is 38.4 Å². The normalized spacial score (nSPS) is 19.8. The number of nitrogen functional groups attached to an aromatic ring is 1. The maximum absolute atomic E-state index is 14.7. The molecular formula is C56H68F2N14O8S. The minimum Gasteiger partial charge on any atom is -0.381 e. The zero-order valence-corrected chi connectivity index (χ0v) is 46.5. The van der Waals surface area contributed by atoms with Crippen LogP contribution in [0.4, 0.5) is 20.4 Å². The number of aliphatic imine (C=N–C) groups is 1. The van der Waals surface area contributed by atoms with Crippen LogP contribution in [0.5, 0.6) is 0 Å². The van der Waals surface area contributed by atoms with E-state index in [1.807, 2.05) is 4.90 Å². The Hall–Kier alpha value is -7.40. The van der Waals surface area contributed by atoms with Crippen LogP contribution in [-0.4, -0.2) is 178 Å². The number of nitrogens with two attached hydrogens (primary N) is 1. The van der Waals surface area contributed by atoms with Crippen molar-refractivity contribution < 1.29 is 47.0 Å². The van der Waals surface area contributed by atoms with Gasteiger partial charge < -0.3 is 50.8 Å². The summed E-state index contributed by atoms with van der Waals surface area (Å²) in [5.41, 5.74) is 8.89. The number of ketones is 1. The highest BCUT2D eigenvalue weighted by Crippen LogP contribution is 2.41. The lowest BCUT2D eigenvalue weighted by molar-refractivity contribution is -0.140. The molecule has 22 nitrogen and oxygen atoms in total. The summed E-state index contributed by atoms with van der Waals surface area (Å²) in [6, 6.07) is 9.04. The third kappa shape index (κ3) is 13.4. The van der Waals surface area contributed by atoms with Gasteiger partial charge in [-0.15, -0.1) is 11.8 Å². The number of hydrogen-bond donors (Lipinski definition) is 4. The molecule has 0 spiro atoms. The maximum Gasteiger partial charge on any atom is 0.254 e. The van der Waals surface area contributed by atoms with Crippen molar-refractivity contribution in [2.75, 3.05) is 89.6 Å². The number of halogens is 2. The van der Waals surface area contributed by atoms with Crippen molar-refractivity contribution in [3.8, 4) is 17.3 Å². The van der Waals surface area contributed by atoms with Crippen molar-refractivity contribution in [3.63, 3.8) is 0 Å². The lowest BCUT2D eigenvalue weighted by Crippen LogP contribution is -2.58. The van der Waals surface area contributed by atoms with Crippen molar-refractivity contribution >= 4 is 63.8 Å². The first-order valence-electron chi connectivity index (χ1n) is 27.6. The molecule has 2 aromatic heterocycles. The van der Waals surface area contributed by atoms with Crippen LogP contribution in [0.2, 0.25) is 0 Å². The number of fused-ring (bicyclic) bond motifs is 8. The number of amides is 5. The van der Waals surface area contributed by atoms with Crippen molar-refractivity contribution in [2.45, 2.75) is 102 Å². The number of carbonyl (C=O) groups is 6. The van der Waals surface area contributed by atoms with Crippen molar-refractivity contribution in [1.29, 1.82) is 5.26 Å². The molecule has 2 bridgehead atoms. The first-order valence-corrected chi connectivity index (χ1v) is 28.5. The smallest absolute Gasteiger partial charge is 0.254 e. The van der Waals surface area contributed by atoms with Gasteiger partial charge in [0.2, 0.25) is 23.6 Å². The number of benzene rings is 2. The lowest BCUT2D eigenvalue weighted by atomic mass is 9.88. The number of thioether (sulfide) groups is 1. The summed E-state index contributed by atoms with van der Waals surface area (Å²) < 4.78 is 41.1. The summed E-state index contributed by atoms with van der Waals surface area (Å²) in [6.45, 7) is 4.44. The molecule has 5 N–H and O–H groups in total. The predicted molar refractivity (Wildman–Crippen MR) is 297 cm³/mol. The van der Waals surface area contributed by atoms with Gasteiger partial charge in [0, 0.05) is 63.1 Å². The fourth-order valence-electron chi connectivity index (χ4n) is 11.2. The number of ether oxygens (including phenoxy) is 2. The quantitative estimate of drug-likeness (QED) is 0.0726. The molecule has 5 amide bonds. The van der Waals surface area contributed by atoms with E-state index < -0.39 is 29.8 Å². The summed E-state index contributed by atoms with van der Waals surface area (Å²) in [4.78, 5) is 102. The Morgan fingerprint density at radius 3 is 2.38 bits per heavy atom. The predicted octanol–water partition coefficient (Wildman–Crippen LogP) is 3.65. The monoisotopic (exact) mass is 1130 g/mol. The van der Waals surface area contributed by atoms with Gasteiger partial charge in [-0.25, -0.2) is 18.7 Å². The van der Waals surface area contributed by atoms with E-state index in [2.05, 4.69) is 27.0 Å². The van der Waals surface area contributed by atoms with E-state index in [0.717, 1.165) is 12.8 Å². The average molecular weight is 1140 g/mol. The van der Waals surface area contributed by atoms with Crippen LogP contribution in [0.25, 0.3) is 11.3 Å². The Labute approximate surface area is 472 Å². The standard InChI is InChI=1S/C56H68F2N14O8S/c1-33(61-2)53(76)66-49(56(78)71-20-5-7-44(71)54-65-42(32-81-54)50(75)35-8-10-36(57)11-9-35)34-14-21-69(22-15-34)47(74)17-25-80-27-26-79-24-16-46(73)62-18-23-72-45(29-59)48-40-30-63-51(60)52(64-40)70-19-4-6-43(70)39-28-37(58)12-13-38(39)55(77)68(3)31-41(48)67-72/h8-13,28,30,33-34,42-44,49,61H,4-7,14-27,31-32H2,1-3H3,(H2,60,63)(H,62,73)(H,66,76)/t33-,42?,43-,44-,49-/m1/s1. The van der Waals surface area contributed by atoms with Crippen molar-refractivity contribution in [2.24, 2.45) is 10.9 Å². The van der Waals surface area contributed by atoms with Gasteiger partial charge >= 0.3 is 0 Å². The molecule has 7 heterocycles. The number of rotatable bonds is 20. The number of nitriles is 1. The number of likely N-dealkylation sites (N-methyl/N-ethyl adjacent to an activating group) is 1. The Balaban J connectivity index is 0.706. The van der Waals surface area contributed by atoms with E-state index in [0.29, 0.717) is 102 Å². The van der Waals surface area contributed by atoms with E-state index in [1.54, 1.807) is 30.8 Å². The first-order chi connectivity index (χ1) is 39.1. The second kappa shape index (κ2) is 26.5. The van der Waals surface area contributed by atoms with Gasteiger partial charge in [0.1, 0.15) is 35.5 Å². The molecule has 1 unspecified atom stereocenters. The second-order valence-corrected chi connectivity index (χ2v) is 21.9. The average Bonchev–Trinajstić information content (AvgIpc) is 4.36. The first kappa shape index (κ1) is 58.3. The zero-order chi connectivity index (χ0) is 57.3. The highest BCUT2D eigenvalue weighted by Gasteiger charge is 2.43. The molecule has 430 valence electrons. The summed E-state index contributed by atoms with van der Waals surface area (Å²) in [6.07, 6.45) is 5.44. The van der Waals surface area contributed by atoms with Crippen LogP contribution in [0.1, 0.15) is 102 Å². The molecule has 5 aliphatic heterocycles. The van der Waals surface area contributed by atoms with Crippen molar-refractivity contribution in [1.82, 2.24) is 50.4 Å². The van der Waals surface area contributed by atoms with E-state index >= 15 is 0 Å². The maximum atomic E-state index is 14.7. The number of piperidine rings is 1. The number of nitrogens with zero attached hydrogens (tertiary/aromatic N) is 10. The molecule has 81 heavy (non-hydrogen) atoms. The summed E-state index contributed by atoms with van der Waals surface area (Å²) >= 11 is 1.45. The van der Waals surface area contributed by atoms with Crippen LogP contribution in [0, 0.1) is 28.9 Å². The molecule has 5 aliphatic rings. The molecule has 3 fully saturated rings. The summed E-state index contributed by atoms with van der Waals surface area (Å²) in [5, 5.41) is 24.7. The topological polar surface area (TPSA) is 276 Å². The molecule has 0 saturated carbocycles. The summed E-state index contributed by atoms with van der Waals surface area (Å²) in [7, 11) is 3.29. The molecule has 0 radical (unpaired) electrons. The highest BCUT2D eigenvalue weighted by molar-refractivity contribution is 8.14. The SMILES string of the molecule is CN[C@H](C)C(=O)N[C@@H](C(=O)N1CCC[C@@H]1C1=NC(C(=O)c2ccc(F)cc2)CS1)C1CCN(C(=O)CCOCCOCCC(=O)NCCn2nc3c(c2C#N)-c2cnc(N)c(n2)N2CCC[C@@H]2c2cc(F)ccc2C(=O)N(C)C3)CC1. The fourth-order valence-corrected chi connectivity index (χ4v) is 12.4. The van der Waals surface area contributed by atoms with Gasteiger partial charge in [-0.2, -0.15) is 10.4 Å². The van der Waals surface area contributed by atoms with Gasteiger partial charge in [0.25, 0.3) is 5.91 Å². The third-order valence-corrected chi connectivity index (χ3v) is 16.8. The molecule has 0 aliphatic carbocycles. The number of Topliss-reactive ketones (excluding diaryl/α,β-unsaturated/α-hetero) is 1. The van der Waals surface area contributed by atoms with Gasteiger partial charge in [0.15, 0.2) is 17.4 Å². The van der Waals surface area contributed by atoms with Gasteiger partial charge in [0.05, 0.1) is 92.3 Å². The Morgan fingerprint density at radius 2 is 1.64 bits per heavy atom. The molecule has 9 rings (SSSR count). The van der Waals surface area contributed by atoms with Gasteiger partial charge in [-0.05, 0) is 106 Å². The fraction of sp³-hybridized carbons (Fsp3) is 0.518. The number of hydrogen-bond acceptors (Lipinski definition) is 17. The zero-order valence-electron chi connectivity index (χ0n) is 45.7. The Morgan fingerprint density at radius 1 is 0.926 bits per heavy atom. The van der Waals surface area contributed by atoms with Crippen molar-refractivity contribution in [3.05, 3.63) is 88.4 Å². The number of aromatic nitrogens is 4. The largest absolute Gasteiger partial charge is 0.381 e. The van der Waals surface area contributed by atoms with Crippen LogP contribution >= 0.6 is 11.8 Å². The van der Waals surface area contributed by atoms with Crippen LogP contribution < -0.4 is 26.6 Å². The van der Waals surface area contributed by atoms with Crippen LogP contribution in [0.3, 0.4) is 0 Å². The van der Waals surface area contributed by atoms with E-state index in [9.17, 15) is 42.8 Å². The molecular weight excluding hydrogens is 1070 g/mol. The Kier molecular flexibility index (Phi) is 19.0. The molecule has 5 atom stereocenters. The molecule has 25 heteroatoms. The minimum absolute atomic E-state index is 0.00786. The molecule has 3 saturated heterocycles. The molecule has 2 aromatic carbocycles. The molecule has 4 aromatic rings. The lowest BCUT2D eigenvalue weighted by Gasteiger charge is -2.38. The third-order valence-electron chi connectivity index (χ3n) is 15.7. The minimum atomic E-state index is -0.826. The Bertz CT molecular complexity index is 3080. The highest BCUT2D eigenvalue weighted by atomic mass is 32.2. The number of nitrogens with one attached hydrogen (secondary N) is 3. The van der Waals surface area contributed by atoms with Crippen LogP contribution in [-0.2, 0) is 41.7 Å². The number of likely N-dealkylation sites (tertiary alicyclic amines) is 2. The van der Waals surface area contributed by atoms with Gasteiger partial charge in [-0.1, -0.05) is 0 Å². The van der Waals surface area contributed by atoms with E-state index in [-0.39, 0.29) is 124 Å². The van der Waals surface area contributed by atoms with Crippen LogP contribution in [0.15, 0.2) is 53.7 Å². The number of anilines is 2. The number of carbonyl (C=O) groups excluding carboxylic acids is 6.